The van der Waals surface area contributed by atoms with E-state index in [9.17, 15) is 13.6 Å². The molecule has 0 unspecified atom stereocenters. The summed E-state index contributed by atoms with van der Waals surface area (Å²) in [5.74, 6) is -1.32. The summed E-state index contributed by atoms with van der Waals surface area (Å²) >= 11 is 0. The van der Waals surface area contributed by atoms with Crippen molar-refractivity contribution < 1.29 is 18.3 Å². The first kappa shape index (κ1) is 21.6. The minimum atomic E-state index is -0.953. The van der Waals surface area contributed by atoms with E-state index in [1.807, 2.05) is 12.1 Å². The van der Waals surface area contributed by atoms with E-state index in [2.05, 4.69) is 30.7 Å². The number of amides is 1. The molecule has 7 heteroatoms. The molecule has 0 bridgehead atoms. The number of hydrogen-bond donors (Lipinski definition) is 0. The SMILES string of the molecule is COc1cc2c(cc1N1C[C@@H](C)N(C)[C@@H](C)C1)N(C(=O)Cc1cccc(F)c1F)CC2. The van der Waals surface area contributed by atoms with Crippen molar-refractivity contribution in [3.05, 3.63) is 53.1 Å². The number of halogens is 2. The maximum absolute atomic E-state index is 14.1. The fraction of sp³-hybridized carbons (Fsp3) is 0.458. The molecule has 2 aromatic carbocycles. The van der Waals surface area contributed by atoms with Crippen LogP contribution in [0.3, 0.4) is 0 Å². The number of fused-ring (bicyclic) bond motifs is 1. The fourth-order valence-corrected chi connectivity index (χ4v) is 4.62. The van der Waals surface area contributed by atoms with Crippen LogP contribution in [0.4, 0.5) is 20.2 Å². The highest BCUT2D eigenvalue weighted by molar-refractivity contribution is 5.97. The smallest absolute Gasteiger partial charge is 0.231 e. The van der Waals surface area contributed by atoms with Gasteiger partial charge in [-0.25, -0.2) is 8.78 Å². The monoisotopic (exact) mass is 429 g/mol. The average Bonchev–Trinajstić information content (AvgIpc) is 3.17. The molecule has 1 fully saturated rings. The van der Waals surface area contributed by atoms with Gasteiger partial charge in [0.1, 0.15) is 5.75 Å². The Morgan fingerprint density at radius 1 is 1.13 bits per heavy atom. The maximum Gasteiger partial charge on any atom is 0.231 e. The van der Waals surface area contributed by atoms with E-state index in [1.165, 1.54) is 12.1 Å². The van der Waals surface area contributed by atoms with Gasteiger partial charge in [-0.05, 0) is 51.1 Å². The van der Waals surface area contributed by atoms with Gasteiger partial charge in [-0.1, -0.05) is 12.1 Å². The zero-order valence-electron chi connectivity index (χ0n) is 18.5. The first-order valence-corrected chi connectivity index (χ1v) is 10.7. The zero-order chi connectivity index (χ0) is 22.3. The number of methoxy groups -OCH3 is 1. The number of hydrogen-bond acceptors (Lipinski definition) is 4. The molecular weight excluding hydrogens is 400 g/mol. The third-order valence-corrected chi connectivity index (χ3v) is 6.65. The minimum Gasteiger partial charge on any atom is -0.495 e. The van der Waals surface area contributed by atoms with E-state index < -0.39 is 11.6 Å². The van der Waals surface area contributed by atoms with Gasteiger partial charge in [0.25, 0.3) is 0 Å². The van der Waals surface area contributed by atoms with E-state index in [-0.39, 0.29) is 17.9 Å². The van der Waals surface area contributed by atoms with E-state index in [1.54, 1.807) is 12.0 Å². The normalized spacial score (nSPS) is 21.4. The van der Waals surface area contributed by atoms with Gasteiger partial charge in [-0.3, -0.25) is 9.69 Å². The lowest BCUT2D eigenvalue weighted by atomic mass is 10.1. The van der Waals surface area contributed by atoms with E-state index >= 15 is 0 Å². The second kappa shape index (κ2) is 8.46. The van der Waals surface area contributed by atoms with Gasteiger partial charge in [0.15, 0.2) is 11.6 Å². The van der Waals surface area contributed by atoms with Crippen molar-refractivity contribution in [2.75, 3.05) is 43.6 Å². The Bertz CT molecular complexity index is 985. The Morgan fingerprint density at radius 3 is 2.52 bits per heavy atom. The van der Waals surface area contributed by atoms with Crippen LogP contribution in [0.1, 0.15) is 25.0 Å². The van der Waals surface area contributed by atoms with Crippen LogP contribution in [0.15, 0.2) is 30.3 Å². The number of nitrogens with zero attached hydrogens (tertiary/aromatic N) is 3. The van der Waals surface area contributed by atoms with Crippen LogP contribution < -0.4 is 14.5 Å². The molecule has 0 aliphatic carbocycles. The van der Waals surface area contributed by atoms with Crippen molar-refractivity contribution in [3.8, 4) is 5.75 Å². The molecule has 166 valence electrons. The van der Waals surface area contributed by atoms with Crippen LogP contribution in [-0.2, 0) is 17.6 Å². The van der Waals surface area contributed by atoms with Gasteiger partial charge in [0.05, 0.1) is 19.2 Å². The molecule has 2 aliphatic rings. The Hall–Kier alpha value is -2.67. The molecule has 0 saturated carbocycles. The molecule has 1 amide bonds. The quantitative estimate of drug-likeness (QED) is 0.744. The summed E-state index contributed by atoms with van der Waals surface area (Å²) in [5, 5.41) is 0. The standard InChI is InChI=1S/C24H29F2N3O2/c1-15-13-28(14-16(2)27(15)3)21-12-20-17(10-22(21)31-4)8-9-29(20)23(30)11-18-6-5-7-19(25)24(18)26/h5-7,10,12,15-16H,8-9,11,13-14H2,1-4H3/t15-,16+. The number of anilines is 2. The summed E-state index contributed by atoms with van der Waals surface area (Å²) in [6, 6.07) is 8.74. The number of piperazine rings is 1. The van der Waals surface area contributed by atoms with Crippen LogP contribution in [0.5, 0.6) is 5.75 Å². The van der Waals surface area contributed by atoms with Gasteiger partial charge in [0.2, 0.25) is 5.91 Å². The lowest BCUT2D eigenvalue weighted by Gasteiger charge is -2.44. The van der Waals surface area contributed by atoms with Crippen molar-refractivity contribution >= 4 is 17.3 Å². The number of benzene rings is 2. The van der Waals surface area contributed by atoms with Crippen LogP contribution >= 0.6 is 0 Å². The molecule has 31 heavy (non-hydrogen) atoms. The van der Waals surface area contributed by atoms with Gasteiger partial charge >= 0.3 is 0 Å². The van der Waals surface area contributed by atoms with E-state index in [0.29, 0.717) is 25.0 Å². The molecule has 2 atom stereocenters. The largest absolute Gasteiger partial charge is 0.495 e. The fourth-order valence-electron chi connectivity index (χ4n) is 4.62. The molecule has 2 aromatic rings. The van der Waals surface area contributed by atoms with Gasteiger partial charge < -0.3 is 14.5 Å². The molecule has 0 N–H and O–H groups in total. The number of ether oxygens (including phenoxy) is 1. The first-order valence-electron chi connectivity index (χ1n) is 10.7. The third-order valence-electron chi connectivity index (χ3n) is 6.65. The molecule has 2 heterocycles. The number of carbonyl (C=O) groups is 1. The average molecular weight is 430 g/mol. The Labute approximate surface area is 182 Å². The van der Waals surface area contributed by atoms with Crippen LogP contribution in [-0.4, -0.2) is 56.7 Å². The Balaban J connectivity index is 1.63. The second-order valence-corrected chi connectivity index (χ2v) is 8.61. The highest BCUT2D eigenvalue weighted by Gasteiger charge is 2.32. The van der Waals surface area contributed by atoms with Gasteiger partial charge in [-0.15, -0.1) is 0 Å². The van der Waals surface area contributed by atoms with Gasteiger partial charge in [-0.2, -0.15) is 0 Å². The Kier molecular flexibility index (Phi) is 5.88. The van der Waals surface area contributed by atoms with Crippen LogP contribution in [0, 0.1) is 11.6 Å². The summed E-state index contributed by atoms with van der Waals surface area (Å²) < 4.78 is 33.3. The number of likely N-dealkylation sites (N-methyl/N-ethyl adjacent to an activating group) is 1. The third kappa shape index (κ3) is 3.99. The van der Waals surface area contributed by atoms with Gasteiger partial charge in [0, 0.05) is 43.0 Å². The maximum atomic E-state index is 14.1. The number of carbonyl (C=O) groups excluding carboxylic acids is 1. The van der Waals surface area contributed by atoms with Crippen molar-refractivity contribution in [3.63, 3.8) is 0 Å². The van der Waals surface area contributed by atoms with E-state index in [4.69, 9.17) is 4.74 Å². The molecule has 0 radical (unpaired) electrons. The molecule has 0 spiro atoms. The lowest BCUT2D eigenvalue weighted by molar-refractivity contribution is -0.117. The summed E-state index contributed by atoms with van der Waals surface area (Å²) in [7, 11) is 3.80. The summed E-state index contributed by atoms with van der Waals surface area (Å²) in [5.41, 5.74) is 2.90. The molecule has 0 aromatic heterocycles. The molecule has 1 saturated heterocycles. The first-order chi connectivity index (χ1) is 14.8. The molecule has 5 nitrogen and oxygen atoms in total. The lowest BCUT2D eigenvalue weighted by Crippen LogP contribution is -2.55. The highest BCUT2D eigenvalue weighted by atomic mass is 19.2. The van der Waals surface area contributed by atoms with Crippen molar-refractivity contribution in [1.29, 1.82) is 0 Å². The predicted octanol–water partition coefficient (Wildman–Crippen LogP) is 3.63. The zero-order valence-corrected chi connectivity index (χ0v) is 18.5. The topological polar surface area (TPSA) is 36.0 Å². The molecular formula is C24H29F2N3O2. The highest BCUT2D eigenvalue weighted by Crippen LogP contribution is 2.40. The summed E-state index contributed by atoms with van der Waals surface area (Å²) in [4.78, 5) is 19.4. The summed E-state index contributed by atoms with van der Waals surface area (Å²) in [6.07, 6.45) is 0.534. The second-order valence-electron chi connectivity index (χ2n) is 8.61. The van der Waals surface area contributed by atoms with Crippen molar-refractivity contribution in [2.24, 2.45) is 0 Å². The van der Waals surface area contributed by atoms with Crippen LogP contribution in [0.25, 0.3) is 0 Å². The van der Waals surface area contributed by atoms with Crippen molar-refractivity contribution in [1.82, 2.24) is 4.90 Å². The summed E-state index contributed by atoms with van der Waals surface area (Å²) in [6.45, 7) is 6.64. The molecule has 4 rings (SSSR count). The minimum absolute atomic E-state index is 0.0777. The van der Waals surface area contributed by atoms with Crippen molar-refractivity contribution in [2.45, 2.75) is 38.8 Å². The predicted molar refractivity (Wildman–Crippen MR) is 118 cm³/mol. The van der Waals surface area contributed by atoms with E-state index in [0.717, 1.165) is 41.8 Å². The molecule has 2 aliphatic heterocycles. The Morgan fingerprint density at radius 2 is 1.84 bits per heavy atom. The van der Waals surface area contributed by atoms with Crippen LogP contribution in [0.2, 0.25) is 0 Å². The number of rotatable bonds is 4.